The Bertz CT molecular complexity index is 1480. The number of benzene rings is 3. The molecule has 2 fully saturated rings. The van der Waals surface area contributed by atoms with Gasteiger partial charge in [0.15, 0.2) is 0 Å². The van der Waals surface area contributed by atoms with Crippen LogP contribution >= 0.6 is 0 Å². The largest absolute Gasteiger partial charge is 0.489 e. The molecule has 3 aromatic carbocycles. The van der Waals surface area contributed by atoms with Gasteiger partial charge in [-0.3, -0.25) is 0 Å². The molecule has 4 aromatic rings. The summed E-state index contributed by atoms with van der Waals surface area (Å²) in [7, 11) is 0. The molecule has 200 valence electrons. The van der Waals surface area contributed by atoms with Crippen LogP contribution in [0.5, 0.6) is 5.75 Å². The van der Waals surface area contributed by atoms with Gasteiger partial charge in [0.25, 0.3) is 0 Å². The highest BCUT2D eigenvalue weighted by molar-refractivity contribution is 5.58. The van der Waals surface area contributed by atoms with Crippen LogP contribution in [0.3, 0.4) is 0 Å². The smallest absolute Gasteiger partial charge is 0.120 e. The molecule has 5 nitrogen and oxygen atoms in total. The fraction of sp³-hybridized carbons (Fsp3) is 0.412. The molecule has 1 N–H and O–H groups in total. The first-order valence-electron chi connectivity index (χ1n) is 14.5. The molecule has 0 unspecified atom stereocenters. The average molecular weight is 520 g/mol. The van der Waals surface area contributed by atoms with E-state index in [4.69, 9.17) is 4.74 Å². The van der Waals surface area contributed by atoms with Crippen molar-refractivity contribution in [3.8, 4) is 17.0 Å². The fourth-order valence-electron chi connectivity index (χ4n) is 8.01. The standard InChI is InChI=1S/C34H37N3O2/c1-22-7-6-10-25(17-22)31-20-37(36-35-31)32-19-30-29-13-11-24-18-26(39-21-23-8-4-3-5-9-23)12-14-27(24)28(29)15-16-34(30,2)33(32)38/h3-10,12,14,17-18,20,28-30,32-33,38H,11,13,15-16,19,21H2,1-2H3/t28-,29-,30+,32-,33+,34-/m1/s1. The average Bonchev–Trinajstić information content (AvgIpc) is 3.55. The van der Waals surface area contributed by atoms with E-state index in [-0.39, 0.29) is 11.5 Å². The molecule has 0 spiro atoms. The number of aliphatic hydroxyl groups excluding tert-OH is 1. The van der Waals surface area contributed by atoms with Gasteiger partial charge in [-0.2, -0.15) is 0 Å². The van der Waals surface area contributed by atoms with Gasteiger partial charge in [-0.25, -0.2) is 4.68 Å². The number of rotatable bonds is 5. The van der Waals surface area contributed by atoms with Crippen molar-refractivity contribution in [3.05, 3.63) is 101 Å². The Balaban J connectivity index is 1.10. The van der Waals surface area contributed by atoms with E-state index < -0.39 is 6.10 Å². The zero-order chi connectivity index (χ0) is 26.6. The van der Waals surface area contributed by atoms with Crippen LogP contribution in [0.25, 0.3) is 11.3 Å². The number of nitrogens with zero attached hydrogens (tertiary/aromatic N) is 3. The van der Waals surface area contributed by atoms with Gasteiger partial charge in [-0.1, -0.05) is 72.3 Å². The van der Waals surface area contributed by atoms with Gasteiger partial charge in [-0.15, -0.1) is 5.10 Å². The Morgan fingerprint density at radius 1 is 1.03 bits per heavy atom. The van der Waals surface area contributed by atoms with Crippen molar-refractivity contribution in [2.24, 2.45) is 17.3 Å². The van der Waals surface area contributed by atoms with Crippen molar-refractivity contribution in [2.75, 3.05) is 0 Å². The Morgan fingerprint density at radius 2 is 1.90 bits per heavy atom. The van der Waals surface area contributed by atoms with Crippen LogP contribution < -0.4 is 4.74 Å². The third kappa shape index (κ3) is 4.28. The van der Waals surface area contributed by atoms with Crippen LogP contribution in [0.1, 0.15) is 66.8 Å². The van der Waals surface area contributed by atoms with Gasteiger partial charge in [-0.05, 0) is 97.1 Å². The quantitative estimate of drug-likeness (QED) is 0.312. The predicted molar refractivity (Wildman–Crippen MR) is 152 cm³/mol. The molecule has 7 rings (SSSR count). The molecular weight excluding hydrogens is 482 g/mol. The lowest BCUT2D eigenvalue weighted by molar-refractivity contribution is -0.0321. The van der Waals surface area contributed by atoms with Crippen molar-refractivity contribution in [3.63, 3.8) is 0 Å². The summed E-state index contributed by atoms with van der Waals surface area (Å²) < 4.78 is 8.10. The topological polar surface area (TPSA) is 60.2 Å². The second-order valence-electron chi connectivity index (χ2n) is 12.3. The minimum absolute atomic E-state index is 0.0278. The van der Waals surface area contributed by atoms with Crippen LogP contribution in [0.4, 0.5) is 0 Å². The second-order valence-corrected chi connectivity index (χ2v) is 12.3. The summed E-state index contributed by atoms with van der Waals surface area (Å²) in [6.45, 7) is 5.02. The Morgan fingerprint density at radius 3 is 2.74 bits per heavy atom. The summed E-state index contributed by atoms with van der Waals surface area (Å²) in [5.74, 6) is 2.58. The van der Waals surface area contributed by atoms with E-state index in [1.54, 1.807) is 0 Å². The normalized spacial score (nSPS) is 29.4. The maximum absolute atomic E-state index is 11.7. The van der Waals surface area contributed by atoms with E-state index >= 15 is 0 Å². The van der Waals surface area contributed by atoms with Crippen molar-refractivity contribution < 1.29 is 9.84 Å². The minimum atomic E-state index is -0.411. The first kappa shape index (κ1) is 24.6. The van der Waals surface area contributed by atoms with E-state index in [0.717, 1.165) is 42.7 Å². The van der Waals surface area contributed by atoms with Crippen molar-refractivity contribution in [2.45, 2.75) is 70.6 Å². The molecule has 6 atom stereocenters. The summed E-state index contributed by atoms with van der Waals surface area (Å²) in [5, 5.41) is 20.7. The zero-order valence-electron chi connectivity index (χ0n) is 22.8. The van der Waals surface area contributed by atoms with Crippen molar-refractivity contribution in [1.82, 2.24) is 15.0 Å². The number of ether oxygens (including phenoxy) is 1. The number of aliphatic hydroxyl groups is 1. The van der Waals surface area contributed by atoms with E-state index in [1.165, 1.54) is 28.7 Å². The third-order valence-corrected chi connectivity index (χ3v) is 10.1. The summed E-state index contributed by atoms with van der Waals surface area (Å²) in [6, 6.07) is 25.5. The molecule has 5 heteroatoms. The molecule has 3 aliphatic carbocycles. The van der Waals surface area contributed by atoms with Crippen LogP contribution in [0.15, 0.2) is 79.0 Å². The van der Waals surface area contributed by atoms with Gasteiger partial charge in [0.05, 0.1) is 18.3 Å². The van der Waals surface area contributed by atoms with Crippen LogP contribution in [0.2, 0.25) is 0 Å². The summed E-state index contributed by atoms with van der Waals surface area (Å²) in [5.41, 5.74) is 7.21. The van der Waals surface area contributed by atoms with E-state index in [9.17, 15) is 5.11 Å². The molecule has 0 amide bonds. The van der Waals surface area contributed by atoms with Gasteiger partial charge in [0, 0.05) is 5.56 Å². The Kier molecular flexibility index (Phi) is 6.07. The van der Waals surface area contributed by atoms with E-state index in [2.05, 4.69) is 90.9 Å². The lowest BCUT2D eigenvalue weighted by Gasteiger charge is -2.50. The Labute approximate surface area is 230 Å². The molecule has 0 radical (unpaired) electrons. The molecule has 0 saturated heterocycles. The van der Waals surface area contributed by atoms with Crippen LogP contribution in [0, 0.1) is 24.2 Å². The van der Waals surface area contributed by atoms with E-state index in [1.807, 2.05) is 16.9 Å². The molecule has 1 aromatic heterocycles. The van der Waals surface area contributed by atoms with Gasteiger partial charge >= 0.3 is 0 Å². The highest BCUT2D eigenvalue weighted by Gasteiger charge is 2.58. The number of hydrogen-bond donors (Lipinski definition) is 1. The predicted octanol–water partition coefficient (Wildman–Crippen LogP) is 6.90. The third-order valence-electron chi connectivity index (χ3n) is 10.1. The van der Waals surface area contributed by atoms with Crippen LogP contribution in [-0.4, -0.2) is 26.2 Å². The highest BCUT2D eigenvalue weighted by atomic mass is 16.5. The SMILES string of the molecule is Cc1cccc(-c2cn([C@@H]3C[C@H]4[C@@H]5CCc6cc(OCc7ccccc7)ccc6[C@H]5CC[C@@]4(C)[C@H]3O)nn2)c1. The second kappa shape index (κ2) is 9.63. The number of aryl methyl sites for hydroxylation is 2. The lowest BCUT2D eigenvalue weighted by atomic mass is 9.55. The van der Waals surface area contributed by atoms with Gasteiger partial charge in [0.1, 0.15) is 18.1 Å². The van der Waals surface area contributed by atoms with Crippen molar-refractivity contribution in [1.29, 1.82) is 0 Å². The lowest BCUT2D eigenvalue weighted by Crippen LogP contribution is -2.44. The monoisotopic (exact) mass is 519 g/mol. The Hall–Kier alpha value is -3.44. The number of fused-ring (bicyclic) bond motifs is 5. The summed E-state index contributed by atoms with van der Waals surface area (Å²) >= 11 is 0. The highest BCUT2D eigenvalue weighted by Crippen LogP contribution is 2.63. The first-order chi connectivity index (χ1) is 19.0. The van der Waals surface area contributed by atoms with Crippen molar-refractivity contribution >= 4 is 0 Å². The summed E-state index contributed by atoms with van der Waals surface area (Å²) in [4.78, 5) is 0. The van der Waals surface area contributed by atoms with Gasteiger partial charge < -0.3 is 9.84 Å². The summed E-state index contributed by atoms with van der Waals surface area (Å²) in [6.07, 6.45) is 7.01. The van der Waals surface area contributed by atoms with Gasteiger partial charge in [0.2, 0.25) is 0 Å². The maximum Gasteiger partial charge on any atom is 0.120 e. The molecule has 1 heterocycles. The molecule has 2 saturated carbocycles. The van der Waals surface area contributed by atoms with E-state index in [0.29, 0.717) is 24.4 Å². The molecule has 39 heavy (non-hydrogen) atoms. The number of hydrogen-bond acceptors (Lipinski definition) is 4. The maximum atomic E-state index is 11.7. The molecule has 0 bridgehead atoms. The first-order valence-corrected chi connectivity index (χ1v) is 14.5. The van der Waals surface area contributed by atoms with Crippen LogP contribution in [-0.2, 0) is 13.0 Å². The fourth-order valence-corrected chi connectivity index (χ4v) is 8.01. The molecular formula is C34H37N3O2. The zero-order valence-corrected chi connectivity index (χ0v) is 22.8. The minimum Gasteiger partial charge on any atom is -0.489 e. The molecule has 3 aliphatic rings. The number of aromatic nitrogens is 3. The molecule has 0 aliphatic heterocycles.